The molecule has 0 bridgehead atoms. The zero-order chi connectivity index (χ0) is 12.3. The Kier molecular flexibility index (Phi) is 3.84. The zero-order valence-corrected chi connectivity index (χ0v) is 10.1. The number of anilines is 1. The fraction of sp³-hybridized carbons (Fsp3) is 0.455. The van der Waals surface area contributed by atoms with Crippen LogP contribution in [0.5, 0.6) is 0 Å². The summed E-state index contributed by atoms with van der Waals surface area (Å²) < 4.78 is 0. The second-order valence-corrected chi connectivity index (χ2v) is 4.16. The predicted molar refractivity (Wildman–Crippen MR) is 64.2 cm³/mol. The number of carbonyl (C=O) groups excluding carboxylic acids is 1. The number of hydrazine groups is 1. The first-order chi connectivity index (χ1) is 7.45. The van der Waals surface area contributed by atoms with Crippen molar-refractivity contribution in [1.29, 1.82) is 0 Å². The largest absolute Gasteiger partial charge is 0.345 e. The zero-order valence-electron chi connectivity index (χ0n) is 10.1. The normalized spacial score (nSPS) is 10.4. The molecule has 3 N–H and O–H groups in total. The SMILES string of the molecule is CC(C)c1cc(C(=O)N(C)C)cc(NN)n1. The van der Waals surface area contributed by atoms with E-state index in [4.69, 9.17) is 5.84 Å². The Labute approximate surface area is 95.6 Å². The molecule has 0 atom stereocenters. The summed E-state index contributed by atoms with van der Waals surface area (Å²) >= 11 is 0. The molecule has 0 aliphatic heterocycles. The van der Waals surface area contributed by atoms with Gasteiger partial charge in [-0.2, -0.15) is 0 Å². The topological polar surface area (TPSA) is 71.2 Å². The minimum atomic E-state index is -0.0548. The molecule has 5 nitrogen and oxygen atoms in total. The molecule has 1 rings (SSSR count). The number of amides is 1. The summed E-state index contributed by atoms with van der Waals surface area (Å²) in [6.45, 7) is 4.04. The lowest BCUT2D eigenvalue weighted by molar-refractivity contribution is 0.0827. The molecule has 0 unspecified atom stereocenters. The molecular formula is C11H18N4O. The molecular weight excluding hydrogens is 204 g/mol. The van der Waals surface area contributed by atoms with E-state index >= 15 is 0 Å². The summed E-state index contributed by atoms with van der Waals surface area (Å²) in [5, 5.41) is 0. The van der Waals surface area contributed by atoms with Gasteiger partial charge in [0.1, 0.15) is 5.82 Å². The summed E-state index contributed by atoms with van der Waals surface area (Å²) in [4.78, 5) is 17.6. The van der Waals surface area contributed by atoms with Crippen molar-refractivity contribution >= 4 is 11.7 Å². The Morgan fingerprint density at radius 3 is 2.50 bits per heavy atom. The first-order valence-corrected chi connectivity index (χ1v) is 5.16. The van der Waals surface area contributed by atoms with Crippen LogP contribution in [0.3, 0.4) is 0 Å². The number of carbonyl (C=O) groups is 1. The average Bonchev–Trinajstić information content (AvgIpc) is 2.27. The highest BCUT2D eigenvalue weighted by Crippen LogP contribution is 2.17. The van der Waals surface area contributed by atoms with Gasteiger partial charge < -0.3 is 10.3 Å². The Morgan fingerprint density at radius 2 is 2.06 bits per heavy atom. The maximum atomic E-state index is 11.8. The quantitative estimate of drug-likeness (QED) is 0.595. The van der Waals surface area contributed by atoms with Crippen LogP contribution in [-0.2, 0) is 0 Å². The van der Waals surface area contributed by atoms with Crippen molar-refractivity contribution in [3.05, 3.63) is 23.4 Å². The molecule has 1 aromatic heterocycles. The van der Waals surface area contributed by atoms with Crippen LogP contribution in [0.25, 0.3) is 0 Å². The number of nitrogens with zero attached hydrogens (tertiary/aromatic N) is 2. The fourth-order valence-corrected chi connectivity index (χ4v) is 1.30. The number of hydrogen-bond donors (Lipinski definition) is 2. The predicted octanol–water partition coefficient (Wildman–Crippen LogP) is 1.19. The molecule has 0 aliphatic rings. The third kappa shape index (κ3) is 2.70. The molecule has 0 spiro atoms. The number of nitrogens with one attached hydrogen (secondary N) is 1. The molecule has 0 aromatic carbocycles. The molecule has 5 heteroatoms. The van der Waals surface area contributed by atoms with Gasteiger partial charge in [0.25, 0.3) is 5.91 Å². The van der Waals surface area contributed by atoms with Crippen molar-refractivity contribution < 1.29 is 4.79 Å². The van der Waals surface area contributed by atoms with Gasteiger partial charge in [0.15, 0.2) is 0 Å². The second-order valence-electron chi connectivity index (χ2n) is 4.16. The van der Waals surface area contributed by atoms with Crippen LogP contribution >= 0.6 is 0 Å². The van der Waals surface area contributed by atoms with Gasteiger partial charge in [-0.25, -0.2) is 10.8 Å². The van der Waals surface area contributed by atoms with Gasteiger partial charge in [0.05, 0.1) is 0 Å². The van der Waals surface area contributed by atoms with Crippen LogP contribution in [-0.4, -0.2) is 29.9 Å². The van der Waals surface area contributed by atoms with Crippen LogP contribution in [0.2, 0.25) is 0 Å². The Morgan fingerprint density at radius 1 is 1.44 bits per heavy atom. The van der Waals surface area contributed by atoms with Crippen molar-refractivity contribution in [2.45, 2.75) is 19.8 Å². The highest BCUT2D eigenvalue weighted by atomic mass is 16.2. The van der Waals surface area contributed by atoms with E-state index in [2.05, 4.69) is 10.4 Å². The maximum absolute atomic E-state index is 11.8. The molecule has 1 amide bonds. The summed E-state index contributed by atoms with van der Waals surface area (Å²) in [6.07, 6.45) is 0. The lowest BCUT2D eigenvalue weighted by Crippen LogP contribution is -2.22. The van der Waals surface area contributed by atoms with E-state index in [1.54, 1.807) is 26.2 Å². The van der Waals surface area contributed by atoms with Crippen LogP contribution in [0.4, 0.5) is 5.82 Å². The van der Waals surface area contributed by atoms with Crippen molar-refractivity contribution in [3.8, 4) is 0 Å². The van der Waals surface area contributed by atoms with Gasteiger partial charge in [0.2, 0.25) is 0 Å². The van der Waals surface area contributed by atoms with E-state index in [0.29, 0.717) is 11.4 Å². The van der Waals surface area contributed by atoms with Crippen LogP contribution in [0, 0.1) is 0 Å². The summed E-state index contributed by atoms with van der Waals surface area (Å²) in [5.74, 6) is 6.03. The van der Waals surface area contributed by atoms with E-state index in [1.165, 1.54) is 4.90 Å². The standard InChI is InChI=1S/C11H18N4O/c1-7(2)9-5-8(11(16)15(3)4)6-10(13-9)14-12/h5-7H,12H2,1-4H3,(H,13,14). The molecule has 0 saturated carbocycles. The van der Waals surface area contributed by atoms with Crippen molar-refractivity contribution in [2.75, 3.05) is 19.5 Å². The first-order valence-electron chi connectivity index (χ1n) is 5.16. The van der Waals surface area contributed by atoms with E-state index in [0.717, 1.165) is 5.69 Å². The number of rotatable bonds is 3. The van der Waals surface area contributed by atoms with E-state index < -0.39 is 0 Å². The van der Waals surface area contributed by atoms with Crippen LogP contribution in [0.1, 0.15) is 35.8 Å². The third-order valence-corrected chi connectivity index (χ3v) is 2.24. The van der Waals surface area contributed by atoms with Crippen LogP contribution < -0.4 is 11.3 Å². The number of nitrogen functional groups attached to an aromatic ring is 1. The first kappa shape index (κ1) is 12.4. The molecule has 1 heterocycles. The number of aromatic nitrogens is 1. The molecule has 88 valence electrons. The minimum absolute atomic E-state index is 0.0548. The molecule has 0 fully saturated rings. The molecule has 0 saturated heterocycles. The van der Waals surface area contributed by atoms with Gasteiger partial charge >= 0.3 is 0 Å². The van der Waals surface area contributed by atoms with Gasteiger partial charge in [-0.05, 0) is 18.1 Å². The lowest BCUT2D eigenvalue weighted by Gasteiger charge is -2.13. The fourth-order valence-electron chi connectivity index (χ4n) is 1.30. The number of hydrogen-bond acceptors (Lipinski definition) is 4. The summed E-state index contributed by atoms with van der Waals surface area (Å²) in [7, 11) is 3.43. The Balaban J connectivity index is 3.19. The average molecular weight is 222 g/mol. The number of pyridine rings is 1. The van der Waals surface area contributed by atoms with Crippen molar-refractivity contribution in [3.63, 3.8) is 0 Å². The maximum Gasteiger partial charge on any atom is 0.253 e. The summed E-state index contributed by atoms with van der Waals surface area (Å²) in [5.41, 5.74) is 3.92. The van der Waals surface area contributed by atoms with Gasteiger partial charge in [-0.1, -0.05) is 13.8 Å². The molecule has 16 heavy (non-hydrogen) atoms. The minimum Gasteiger partial charge on any atom is -0.345 e. The van der Waals surface area contributed by atoms with Crippen LogP contribution in [0.15, 0.2) is 12.1 Å². The van der Waals surface area contributed by atoms with Gasteiger partial charge in [-0.3, -0.25) is 4.79 Å². The van der Waals surface area contributed by atoms with Crippen molar-refractivity contribution in [1.82, 2.24) is 9.88 Å². The third-order valence-electron chi connectivity index (χ3n) is 2.24. The molecule has 0 aliphatic carbocycles. The summed E-state index contributed by atoms with van der Waals surface area (Å²) in [6, 6.07) is 3.45. The molecule has 1 aromatic rings. The second kappa shape index (κ2) is 4.94. The smallest absolute Gasteiger partial charge is 0.253 e. The Hall–Kier alpha value is -1.62. The number of nitrogens with two attached hydrogens (primary N) is 1. The van der Waals surface area contributed by atoms with Crippen molar-refractivity contribution in [2.24, 2.45) is 5.84 Å². The van der Waals surface area contributed by atoms with Gasteiger partial charge in [0, 0.05) is 25.4 Å². The highest BCUT2D eigenvalue weighted by molar-refractivity contribution is 5.94. The van der Waals surface area contributed by atoms with Gasteiger partial charge in [-0.15, -0.1) is 0 Å². The lowest BCUT2D eigenvalue weighted by atomic mass is 10.1. The Bertz CT molecular complexity index is 388. The molecule has 0 radical (unpaired) electrons. The monoisotopic (exact) mass is 222 g/mol. The van der Waals surface area contributed by atoms with E-state index in [9.17, 15) is 4.79 Å². The highest BCUT2D eigenvalue weighted by Gasteiger charge is 2.12. The van der Waals surface area contributed by atoms with E-state index in [-0.39, 0.29) is 11.8 Å². The van der Waals surface area contributed by atoms with E-state index in [1.807, 2.05) is 13.8 Å².